The van der Waals surface area contributed by atoms with Gasteiger partial charge in [0.25, 0.3) is 0 Å². The fourth-order valence-electron chi connectivity index (χ4n) is 1.94. The summed E-state index contributed by atoms with van der Waals surface area (Å²) in [6.45, 7) is 6.18. The third kappa shape index (κ3) is 7.21. The quantitative estimate of drug-likeness (QED) is 0.722. The molecule has 0 spiro atoms. The third-order valence-electron chi connectivity index (χ3n) is 2.72. The van der Waals surface area contributed by atoms with Gasteiger partial charge in [-0.3, -0.25) is 9.69 Å². The van der Waals surface area contributed by atoms with Crippen molar-refractivity contribution in [3.8, 4) is 0 Å². The van der Waals surface area contributed by atoms with Crippen LogP contribution in [0.15, 0.2) is 30.3 Å². The van der Waals surface area contributed by atoms with Crippen molar-refractivity contribution in [3.63, 3.8) is 0 Å². The fourth-order valence-corrected chi connectivity index (χ4v) is 2.04. The van der Waals surface area contributed by atoms with Gasteiger partial charge in [0.1, 0.15) is 0 Å². The molecule has 0 radical (unpaired) electrons. The zero-order chi connectivity index (χ0) is 15.0. The number of carbonyl (C=O) groups is 1. The second-order valence-corrected chi connectivity index (χ2v) is 5.78. The van der Waals surface area contributed by atoms with Crippen LogP contribution < -0.4 is 11.1 Å². The minimum absolute atomic E-state index is 0.0141. The number of hydrogen-bond acceptors (Lipinski definition) is 3. The topological polar surface area (TPSA) is 58.4 Å². The summed E-state index contributed by atoms with van der Waals surface area (Å²) in [7, 11) is 0. The van der Waals surface area contributed by atoms with Crippen molar-refractivity contribution in [2.45, 2.75) is 20.3 Å². The van der Waals surface area contributed by atoms with Gasteiger partial charge in [-0.2, -0.15) is 0 Å². The van der Waals surface area contributed by atoms with Gasteiger partial charge in [-0.1, -0.05) is 44.3 Å². The Bertz CT molecular complexity index is 434. The molecule has 4 nitrogen and oxygen atoms in total. The fraction of sp³-hybridized carbons (Fsp3) is 0.467. The highest BCUT2D eigenvalue weighted by atomic mass is 32.1. The molecule has 0 saturated heterocycles. The minimum Gasteiger partial charge on any atom is -0.393 e. The van der Waals surface area contributed by atoms with Crippen LogP contribution in [0.25, 0.3) is 0 Å². The Hall–Kier alpha value is -1.46. The number of para-hydroxylation sites is 1. The zero-order valence-electron chi connectivity index (χ0n) is 12.1. The van der Waals surface area contributed by atoms with Crippen molar-refractivity contribution >= 4 is 28.8 Å². The molecule has 1 rings (SSSR count). The Labute approximate surface area is 126 Å². The molecular formula is C15H23N3OS. The van der Waals surface area contributed by atoms with Gasteiger partial charge in [-0.25, -0.2) is 0 Å². The summed E-state index contributed by atoms with van der Waals surface area (Å²) in [5.74, 6) is 0.477. The molecule has 3 N–H and O–H groups in total. The third-order valence-corrected chi connectivity index (χ3v) is 2.93. The minimum atomic E-state index is -0.0141. The molecule has 0 aliphatic heterocycles. The highest BCUT2D eigenvalue weighted by Crippen LogP contribution is 2.06. The Morgan fingerprint density at radius 1 is 1.35 bits per heavy atom. The van der Waals surface area contributed by atoms with Crippen molar-refractivity contribution in [2.24, 2.45) is 11.7 Å². The molecule has 0 unspecified atom stereocenters. The van der Waals surface area contributed by atoms with Crippen LogP contribution in [-0.4, -0.2) is 35.4 Å². The Kier molecular flexibility index (Phi) is 7.18. The predicted octanol–water partition coefficient (Wildman–Crippen LogP) is 2.26. The molecule has 0 aliphatic rings. The summed E-state index contributed by atoms with van der Waals surface area (Å²) < 4.78 is 0. The monoisotopic (exact) mass is 293 g/mol. The van der Waals surface area contributed by atoms with Crippen LogP contribution >= 0.6 is 12.2 Å². The van der Waals surface area contributed by atoms with Gasteiger partial charge >= 0.3 is 0 Å². The van der Waals surface area contributed by atoms with E-state index >= 15 is 0 Å². The average Bonchev–Trinajstić information content (AvgIpc) is 2.36. The first-order valence-electron chi connectivity index (χ1n) is 6.83. The zero-order valence-corrected chi connectivity index (χ0v) is 13.0. The lowest BCUT2D eigenvalue weighted by Crippen LogP contribution is -2.37. The van der Waals surface area contributed by atoms with Gasteiger partial charge in [0.2, 0.25) is 5.91 Å². The maximum atomic E-state index is 12.0. The predicted molar refractivity (Wildman–Crippen MR) is 87.8 cm³/mol. The molecule has 1 aromatic rings. The lowest BCUT2D eigenvalue weighted by molar-refractivity contribution is -0.117. The van der Waals surface area contributed by atoms with Crippen LogP contribution in [0, 0.1) is 5.92 Å². The molecule has 0 heterocycles. The van der Waals surface area contributed by atoms with Gasteiger partial charge in [0.15, 0.2) is 0 Å². The van der Waals surface area contributed by atoms with Crippen LogP contribution in [0.3, 0.4) is 0 Å². The van der Waals surface area contributed by atoms with Crippen molar-refractivity contribution < 1.29 is 4.79 Å². The van der Waals surface area contributed by atoms with Crippen molar-refractivity contribution in [2.75, 3.05) is 25.0 Å². The smallest absolute Gasteiger partial charge is 0.238 e. The van der Waals surface area contributed by atoms with E-state index in [9.17, 15) is 4.79 Å². The molecule has 0 aromatic heterocycles. The van der Waals surface area contributed by atoms with E-state index in [2.05, 4.69) is 24.1 Å². The molecule has 0 fully saturated rings. The van der Waals surface area contributed by atoms with E-state index in [0.717, 1.165) is 18.8 Å². The summed E-state index contributed by atoms with van der Waals surface area (Å²) in [5, 5.41) is 2.89. The second-order valence-electron chi connectivity index (χ2n) is 5.26. The van der Waals surface area contributed by atoms with Crippen LogP contribution in [-0.2, 0) is 4.79 Å². The van der Waals surface area contributed by atoms with Crippen LogP contribution in [0.1, 0.15) is 20.3 Å². The Balaban J connectivity index is 2.50. The van der Waals surface area contributed by atoms with Gasteiger partial charge in [0, 0.05) is 25.2 Å². The molecular weight excluding hydrogens is 270 g/mol. The Morgan fingerprint density at radius 2 is 2.00 bits per heavy atom. The van der Waals surface area contributed by atoms with Gasteiger partial charge < -0.3 is 11.1 Å². The number of nitrogens with two attached hydrogens (primary N) is 1. The molecule has 0 bridgehead atoms. The number of hydrogen-bond donors (Lipinski definition) is 2. The summed E-state index contributed by atoms with van der Waals surface area (Å²) in [6.07, 6.45) is 0.640. The molecule has 0 aliphatic carbocycles. The maximum Gasteiger partial charge on any atom is 0.238 e. The van der Waals surface area contributed by atoms with Crippen LogP contribution in [0.2, 0.25) is 0 Å². The van der Waals surface area contributed by atoms with Crippen molar-refractivity contribution in [1.29, 1.82) is 0 Å². The first-order chi connectivity index (χ1) is 9.47. The van der Waals surface area contributed by atoms with E-state index in [0.29, 0.717) is 23.9 Å². The lowest BCUT2D eigenvalue weighted by Gasteiger charge is -2.23. The van der Waals surface area contributed by atoms with Gasteiger partial charge in [-0.15, -0.1) is 0 Å². The van der Waals surface area contributed by atoms with Crippen molar-refractivity contribution in [3.05, 3.63) is 30.3 Å². The van der Waals surface area contributed by atoms with E-state index in [1.807, 2.05) is 30.3 Å². The molecule has 1 aromatic carbocycles. The molecule has 110 valence electrons. The van der Waals surface area contributed by atoms with E-state index < -0.39 is 0 Å². The summed E-state index contributed by atoms with van der Waals surface area (Å²) in [4.78, 5) is 14.6. The number of nitrogens with zero attached hydrogens (tertiary/aromatic N) is 1. The first-order valence-corrected chi connectivity index (χ1v) is 7.23. The number of anilines is 1. The maximum absolute atomic E-state index is 12.0. The summed E-state index contributed by atoms with van der Waals surface area (Å²) >= 11 is 4.90. The number of rotatable bonds is 8. The first kappa shape index (κ1) is 16.6. The number of amides is 1. The lowest BCUT2D eigenvalue weighted by atomic mass is 10.2. The molecule has 0 atom stereocenters. The molecule has 1 amide bonds. The number of carbonyl (C=O) groups excluding carboxylic acids is 1. The van der Waals surface area contributed by atoms with E-state index in [1.54, 1.807) is 0 Å². The number of nitrogens with one attached hydrogen (secondary N) is 1. The van der Waals surface area contributed by atoms with E-state index in [1.165, 1.54) is 0 Å². The van der Waals surface area contributed by atoms with Crippen molar-refractivity contribution in [1.82, 2.24) is 4.90 Å². The van der Waals surface area contributed by atoms with Gasteiger partial charge in [-0.05, 0) is 18.1 Å². The van der Waals surface area contributed by atoms with Crippen LogP contribution in [0.4, 0.5) is 5.69 Å². The van der Waals surface area contributed by atoms with Crippen LogP contribution in [0.5, 0.6) is 0 Å². The second kappa shape index (κ2) is 8.66. The number of thiocarbonyl (C=S) groups is 1. The van der Waals surface area contributed by atoms with E-state index in [4.69, 9.17) is 18.0 Å². The van der Waals surface area contributed by atoms with E-state index in [-0.39, 0.29) is 5.91 Å². The molecule has 0 saturated carbocycles. The standard InChI is InChI=1S/C15H23N3OS/c1-12(2)10-18(9-8-14(16)20)11-15(19)17-13-6-4-3-5-7-13/h3-7,12H,8-11H2,1-2H3,(H2,16,20)(H,17,19). The highest BCUT2D eigenvalue weighted by Gasteiger charge is 2.12. The summed E-state index contributed by atoms with van der Waals surface area (Å²) in [5.41, 5.74) is 6.35. The summed E-state index contributed by atoms with van der Waals surface area (Å²) in [6, 6.07) is 9.46. The Morgan fingerprint density at radius 3 is 2.55 bits per heavy atom. The average molecular weight is 293 g/mol. The number of benzene rings is 1. The normalized spacial score (nSPS) is 10.8. The highest BCUT2D eigenvalue weighted by molar-refractivity contribution is 7.80. The molecule has 5 heteroatoms. The SMILES string of the molecule is CC(C)CN(CCC(N)=S)CC(=O)Nc1ccccc1. The largest absolute Gasteiger partial charge is 0.393 e. The van der Waals surface area contributed by atoms with Gasteiger partial charge in [0.05, 0.1) is 11.5 Å². The molecule has 20 heavy (non-hydrogen) atoms.